The molecule has 1 aromatic carbocycles. The lowest BCUT2D eigenvalue weighted by Gasteiger charge is -2.12. The molecule has 0 aliphatic carbocycles. The van der Waals surface area contributed by atoms with Crippen LogP contribution in [-0.2, 0) is 16.4 Å². The van der Waals surface area contributed by atoms with Crippen molar-refractivity contribution in [3.63, 3.8) is 0 Å². The second-order valence-electron chi connectivity index (χ2n) is 3.66. The van der Waals surface area contributed by atoms with Crippen molar-refractivity contribution < 1.29 is 21.6 Å². The van der Waals surface area contributed by atoms with E-state index < -0.39 is 22.7 Å². The van der Waals surface area contributed by atoms with E-state index in [4.69, 9.17) is 5.73 Å². The molecule has 0 fully saturated rings. The average molecular weight is 282 g/mol. The summed E-state index contributed by atoms with van der Waals surface area (Å²) in [4.78, 5) is -0.214. The molecule has 0 aliphatic heterocycles. The second kappa shape index (κ2) is 5.15. The summed E-state index contributed by atoms with van der Waals surface area (Å²) in [6.07, 6.45) is -4.22. The number of anilines is 1. The second-order valence-corrected chi connectivity index (χ2v) is 5.40. The summed E-state index contributed by atoms with van der Waals surface area (Å²) < 4.78 is 61.0. The van der Waals surface area contributed by atoms with Crippen LogP contribution < -0.4 is 10.5 Å². The predicted octanol–water partition coefficient (Wildman–Crippen LogP) is 1.67. The molecule has 0 saturated carbocycles. The molecule has 1 rings (SSSR count). The van der Waals surface area contributed by atoms with Gasteiger partial charge in [0.2, 0.25) is 10.0 Å². The van der Waals surface area contributed by atoms with Crippen LogP contribution in [0.1, 0.15) is 12.5 Å². The van der Waals surface area contributed by atoms with Crippen LogP contribution in [0.3, 0.4) is 0 Å². The molecule has 4 nitrogen and oxygen atoms in total. The normalized spacial score (nSPS) is 12.7. The summed E-state index contributed by atoms with van der Waals surface area (Å²) in [5, 5.41) is 0. The van der Waals surface area contributed by atoms with Crippen LogP contribution in [0, 0.1) is 0 Å². The maximum Gasteiger partial charge on any atom is 0.402 e. The molecule has 1 aromatic rings. The molecular formula is C10H13F3N2O2S. The van der Waals surface area contributed by atoms with E-state index in [1.54, 1.807) is 6.92 Å². The van der Waals surface area contributed by atoms with Gasteiger partial charge in [-0.05, 0) is 24.1 Å². The first-order chi connectivity index (χ1) is 8.15. The minimum Gasteiger partial charge on any atom is -0.399 e. The third kappa shape index (κ3) is 3.88. The van der Waals surface area contributed by atoms with Gasteiger partial charge in [0.25, 0.3) is 0 Å². The van der Waals surface area contributed by atoms with E-state index in [0.717, 1.165) is 6.07 Å². The number of sulfonamides is 1. The van der Waals surface area contributed by atoms with Crippen molar-refractivity contribution in [2.24, 2.45) is 0 Å². The lowest BCUT2D eigenvalue weighted by molar-refractivity contribution is -0.121. The molecule has 0 spiro atoms. The van der Waals surface area contributed by atoms with E-state index >= 15 is 0 Å². The first-order valence-corrected chi connectivity index (χ1v) is 6.59. The lowest BCUT2D eigenvalue weighted by Crippen LogP contribution is -2.34. The van der Waals surface area contributed by atoms with Gasteiger partial charge < -0.3 is 5.73 Å². The van der Waals surface area contributed by atoms with Crippen LogP contribution in [0.5, 0.6) is 0 Å². The van der Waals surface area contributed by atoms with Gasteiger partial charge in [-0.15, -0.1) is 0 Å². The summed E-state index contributed by atoms with van der Waals surface area (Å²) in [6, 6.07) is 4.14. The molecule has 0 saturated heterocycles. The topological polar surface area (TPSA) is 72.2 Å². The Labute approximate surface area is 103 Å². The molecule has 8 heteroatoms. The Kier molecular flexibility index (Phi) is 4.23. The Morgan fingerprint density at radius 2 is 1.94 bits per heavy atom. The van der Waals surface area contributed by atoms with Crippen molar-refractivity contribution in [3.8, 4) is 0 Å². The van der Waals surface area contributed by atoms with Crippen molar-refractivity contribution >= 4 is 15.7 Å². The maximum atomic E-state index is 12.0. The van der Waals surface area contributed by atoms with Crippen molar-refractivity contribution in [1.29, 1.82) is 0 Å². The fourth-order valence-electron chi connectivity index (χ4n) is 1.37. The zero-order chi connectivity index (χ0) is 14.0. The van der Waals surface area contributed by atoms with Gasteiger partial charge in [-0.2, -0.15) is 13.2 Å². The highest BCUT2D eigenvalue weighted by Crippen LogP contribution is 2.21. The predicted molar refractivity (Wildman–Crippen MR) is 61.5 cm³/mol. The summed E-state index contributed by atoms with van der Waals surface area (Å²) >= 11 is 0. The number of hydrogen-bond acceptors (Lipinski definition) is 3. The Morgan fingerprint density at radius 3 is 2.44 bits per heavy atom. The van der Waals surface area contributed by atoms with Gasteiger partial charge in [0.05, 0.1) is 4.90 Å². The minimum absolute atomic E-state index is 0.180. The first kappa shape index (κ1) is 14.8. The highest BCUT2D eigenvalue weighted by molar-refractivity contribution is 7.89. The molecule has 0 atom stereocenters. The highest BCUT2D eigenvalue weighted by atomic mass is 32.2. The molecule has 0 bridgehead atoms. The summed E-state index contributed by atoms with van der Waals surface area (Å²) in [7, 11) is -4.21. The quantitative estimate of drug-likeness (QED) is 0.825. The number of halogens is 3. The van der Waals surface area contributed by atoms with Crippen molar-refractivity contribution in [2.75, 3.05) is 12.3 Å². The Balaban J connectivity index is 3.08. The molecule has 0 heterocycles. The molecule has 18 heavy (non-hydrogen) atoms. The Bertz CT molecular complexity index is 526. The molecule has 0 aromatic heterocycles. The lowest BCUT2D eigenvalue weighted by atomic mass is 10.1. The fraction of sp³-hybridized carbons (Fsp3) is 0.400. The van der Waals surface area contributed by atoms with Gasteiger partial charge in [0.15, 0.2) is 0 Å². The van der Waals surface area contributed by atoms with Crippen LogP contribution in [0.15, 0.2) is 23.1 Å². The number of nitrogens with two attached hydrogens (primary N) is 1. The highest BCUT2D eigenvalue weighted by Gasteiger charge is 2.30. The van der Waals surface area contributed by atoms with Crippen molar-refractivity contribution in [3.05, 3.63) is 23.8 Å². The monoisotopic (exact) mass is 282 g/mol. The first-order valence-electron chi connectivity index (χ1n) is 5.10. The van der Waals surface area contributed by atoms with Crippen LogP contribution in [0.2, 0.25) is 0 Å². The van der Waals surface area contributed by atoms with Crippen LogP contribution in [0.4, 0.5) is 18.9 Å². The number of nitrogens with one attached hydrogen (secondary N) is 1. The van der Waals surface area contributed by atoms with Gasteiger partial charge in [-0.25, -0.2) is 13.1 Å². The molecule has 0 amide bonds. The number of alkyl halides is 3. The summed E-state index contributed by atoms with van der Waals surface area (Å²) in [6.45, 7) is 0.0988. The standard InChI is InChI=1S/C10H13F3N2O2S/c1-2-7-3-4-8(14)5-9(7)18(16,17)15-6-10(11,12)13/h3-5,15H,2,6,14H2,1H3. The van der Waals surface area contributed by atoms with Gasteiger partial charge in [0, 0.05) is 5.69 Å². The van der Waals surface area contributed by atoms with E-state index in [1.807, 2.05) is 0 Å². The average Bonchev–Trinajstić information content (AvgIpc) is 2.26. The van der Waals surface area contributed by atoms with E-state index in [1.165, 1.54) is 16.9 Å². The van der Waals surface area contributed by atoms with Gasteiger partial charge in [-0.3, -0.25) is 0 Å². The number of nitrogen functional groups attached to an aromatic ring is 1. The Morgan fingerprint density at radius 1 is 1.33 bits per heavy atom. The largest absolute Gasteiger partial charge is 0.402 e. The van der Waals surface area contributed by atoms with Gasteiger partial charge in [0.1, 0.15) is 6.54 Å². The van der Waals surface area contributed by atoms with Crippen LogP contribution >= 0.6 is 0 Å². The van der Waals surface area contributed by atoms with Crippen molar-refractivity contribution in [1.82, 2.24) is 4.72 Å². The van der Waals surface area contributed by atoms with E-state index in [9.17, 15) is 21.6 Å². The smallest absolute Gasteiger partial charge is 0.399 e. The third-order valence-electron chi connectivity index (χ3n) is 2.22. The molecule has 0 radical (unpaired) electrons. The fourth-order valence-corrected chi connectivity index (χ4v) is 2.73. The van der Waals surface area contributed by atoms with Crippen molar-refractivity contribution in [2.45, 2.75) is 24.4 Å². The summed E-state index contributed by atoms with van der Waals surface area (Å²) in [5.41, 5.74) is 6.04. The number of rotatable bonds is 4. The number of hydrogen-bond donors (Lipinski definition) is 2. The van der Waals surface area contributed by atoms with Crippen LogP contribution in [0.25, 0.3) is 0 Å². The SMILES string of the molecule is CCc1ccc(N)cc1S(=O)(=O)NCC(F)(F)F. The van der Waals surface area contributed by atoms with E-state index in [-0.39, 0.29) is 10.6 Å². The molecule has 0 unspecified atom stereocenters. The van der Waals surface area contributed by atoms with Gasteiger partial charge >= 0.3 is 6.18 Å². The molecule has 3 N–H and O–H groups in total. The molecular weight excluding hydrogens is 269 g/mol. The minimum atomic E-state index is -4.60. The van der Waals surface area contributed by atoms with E-state index in [0.29, 0.717) is 12.0 Å². The molecule has 102 valence electrons. The van der Waals surface area contributed by atoms with Crippen LogP contribution in [-0.4, -0.2) is 21.1 Å². The molecule has 0 aliphatic rings. The number of aryl methyl sites for hydroxylation is 1. The third-order valence-corrected chi connectivity index (χ3v) is 3.71. The summed E-state index contributed by atoms with van der Waals surface area (Å²) in [5.74, 6) is 0. The van der Waals surface area contributed by atoms with Gasteiger partial charge in [-0.1, -0.05) is 13.0 Å². The Hall–Kier alpha value is -1.28. The maximum absolute atomic E-state index is 12.0. The zero-order valence-electron chi connectivity index (χ0n) is 9.58. The number of benzene rings is 1. The van der Waals surface area contributed by atoms with E-state index in [2.05, 4.69) is 0 Å². The zero-order valence-corrected chi connectivity index (χ0v) is 10.4.